The highest BCUT2D eigenvalue weighted by Gasteiger charge is 2.25. The molecule has 2 saturated heterocycles. The zero-order valence-corrected chi connectivity index (χ0v) is 14.1. The van der Waals surface area contributed by atoms with Gasteiger partial charge in [0, 0.05) is 18.6 Å². The molecule has 2 aliphatic rings. The lowest BCUT2D eigenvalue weighted by Gasteiger charge is -2.24. The average molecular weight is 336 g/mol. The van der Waals surface area contributed by atoms with Crippen LogP contribution in [0.3, 0.4) is 0 Å². The maximum Gasteiger partial charge on any atom is 0.104 e. The van der Waals surface area contributed by atoms with Gasteiger partial charge in [0.2, 0.25) is 0 Å². The van der Waals surface area contributed by atoms with Gasteiger partial charge in [-0.1, -0.05) is 6.92 Å². The van der Waals surface area contributed by atoms with Gasteiger partial charge >= 0.3 is 0 Å². The molecule has 0 aromatic rings. The summed E-state index contributed by atoms with van der Waals surface area (Å²) in [4.78, 5) is 0. The smallest absolute Gasteiger partial charge is 0.104 e. The van der Waals surface area contributed by atoms with Crippen LogP contribution in [-0.4, -0.2) is 87.0 Å². The van der Waals surface area contributed by atoms with Crippen LogP contribution in [0, 0.1) is 5.41 Å². The number of rotatable bonds is 13. The van der Waals surface area contributed by atoms with E-state index in [1.807, 2.05) is 6.92 Å². The second kappa shape index (κ2) is 12.1. The molecule has 2 fully saturated rings. The molecule has 3 N–H and O–H groups in total. The zero-order chi connectivity index (χ0) is 17.0. The van der Waals surface area contributed by atoms with Gasteiger partial charge in [0.1, 0.15) is 12.2 Å². The first-order valence-corrected chi connectivity index (χ1v) is 8.41. The van der Waals surface area contributed by atoms with Gasteiger partial charge < -0.3 is 34.3 Å². The zero-order valence-electron chi connectivity index (χ0n) is 14.1. The Balaban J connectivity index is 0.000000257. The molecule has 0 saturated carbocycles. The van der Waals surface area contributed by atoms with Crippen molar-refractivity contribution in [2.24, 2.45) is 5.41 Å². The normalized spacial score (nSPS) is 22.4. The summed E-state index contributed by atoms with van der Waals surface area (Å²) in [6.07, 6.45) is 3.50. The molecule has 7 nitrogen and oxygen atoms in total. The minimum Gasteiger partial charge on any atom is -0.396 e. The molecule has 23 heavy (non-hydrogen) atoms. The number of epoxide rings is 2. The lowest BCUT2D eigenvalue weighted by molar-refractivity contribution is 0.00304. The fraction of sp³-hybridized carbons (Fsp3) is 1.00. The van der Waals surface area contributed by atoms with Gasteiger partial charge in [-0.25, -0.2) is 0 Å². The van der Waals surface area contributed by atoms with E-state index in [1.54, 1.807) is 0 Å². The van der Waals surface area contributed by atoms with Crippen molar-refractivity contribution in [2.75, 3.05) is 59.5 Å². The largest absolute Gasteiger partial charge is 0.396 e. The van der Waals surface area contributed by atoms with Crippen LogP contribution in [0.1, 0.15) is 26.2 Å². The number of unbranched alkanes of at least 4 members (excludes halogenated alkanes) is 1. The molecular weight excluding hydrogens is 304 g/mol. The Labute approximate surface area is 138 Å². The van der Waals surface area contributed by atoms with Gasteiger partial charge in [-0.15, -0.1) is 0 Å². The summed E-state index contributed by atoms with van der Waals surface area (Å²) >= 11 is 0. The van der Waals surface area contributed by atoms with Crippen molar-refractivity contribution in [1.82, 2.24) is 0 Å². The van der Waals surface area contributed by atoms with E-state index in [-0.39, 0.29) is 19.8 Å². The third-order valence-corrected chi connectivity index (χ3v) is 4.00. The van der Waals surface area contributed by atoms with E-state index in [2.05, 4.69) is 0 Å². The van der Waals surface area contributed by atoms with Crippen molar-refractivity contribution in [3.63, 3.8) is 0 Å². The molecule has 0 radical (unpaired) electrons. The van der Waals surface area contributed by atoms with Gasteiger partial charge in [0.15, 0.2) is 0 Å². The van der Waals surface area contributed by atoms with Crippen LogP contribution in [0.2, 0.25) is 0 Å². The lowest BCUT2D eigenvalue weighted by atomic mass is 9.88. The summed E-state index contributed by atoms with van der Waals surface area (Å²) in [5, 5.41) is 26.0. The molecule has 0 spiro atoms. The molecular formula is C16H32O7. The minimum absolute atomic E-state index is 0.156. The average Bonchev–Trinajstić information content (AvgIpc) is 3.48. The van der Waals surface area contributed by atoms with Gasteiger partial charge in [0.25, 0.3) is 0 Å². The number of aliphatic hydroxyl groups excluding tert-OH is 3. The van der Waals surface area contributed by atoms with Gasteiger partial charge in [-0.3, -0.25) is 0 Å². The molecule has 0 aliphatic carbocycles. The van der Waals surface area contributed by atoms with E-state index in [0.717, 1.165) is 52.5 Å². The van der Waals surface area contributed by atoms with Crippen LogP contribution in [0.15, 0.2) is 0 Å². The monoisotopic (exact) mass is 336 g/mol. The first-order valence-electron chi connectivity index (χ1n) is 8.41. The molecule has 7 heteroatoms. The van der Waals surface area contributed by atoms with Crippen molar-refractivity contribution in [2.45, 2.75) is 38.4 Å². The third-order valence-electron chi connectivity index (χ3n) is 4.00. The van der Waals surface area contributed by atoms with Gasteiger partial charge in [-0.05, 0) is 19.3 Å². The molecule has 0 aromatic heterocycles. The summed E-state index contributed by atoms with van der Waals surface area (Å²) in [5.74, 6) is 0. The number of hydrogen-bond acceptors (Lipinski definition) is 7. The Kier molecular flexibility index (Phi) is 11.0. The van der Waals surface area contributed by atoms with E-state index in [9.17, 15) is 0 Å². The fourth-order valence-corrected chi connectivity index (χ4v) is 1.65. The minimum atomic E-state index is -0.667. The van der Waals surface area contributed by atoms with Crippen molar-refractivity contribution in [1.29, 1.82) is 0 Å². The van der Waals surface area contributed by atoms with Crippen molar-refractivity contribution in [3.05, 3.63) is 0 Å². The summed E-state index contributed by atoms with van der Waals surface area (Å²) in [5.41, 5.74) is -0.667. The second-order valence-electron chi connectivity index (χ2n) is 6.10. The van der Waals surface area contributed by atoms with Crippen LogP contribution in [0.4, 0.5) is 0 Å². The molecule has 2 heterocycles. The van der Waals surface area contributed by atoms with Crippen molar-refractivity contribution < 1.29 is 34.3 Å². The van der Waals surface area contributed by atoms with Crippen LogP contribution in [0.5, 0.6) is 0 Å². The highest BCUT2D eigenvalue weighted by molar-refractivity contribution is 4.74. The molecule has 2 unspecified atom stereocenters. The summed E-state index contributed by atoms with van der Waals surface area (Å²) in [7, 11) is 0. The Morgan fingerprint density at radius 1 is 0.870 bits per heavy atom. The van der Waals surface area contributed by atoms with E-state index >= 15 is 0 Å². The van der Waals surface area contributed by atoms with E-state index < -0.39 is 5.41 Å². The Morgan fingerprint density at radius 3 is 1.48 bits per heavy atom. The molecule has 2 rings (SSSR count). The summed E-state index contributed by atoms with van der Waals surface area (Å²) in [6.45, 7) is 6.28. The maximum atomic E-state index is 8.66. The Morgan fingerprint density at radius 2 is 1.26 bits per heavy atom. The van der Waals surface area contributed by atoms with Gasteiger partial charge in [-0.2, -0.15) is 0 Å². The molecule has 2 atom stereocenters. The SMILES string of the molecule is C(CCOCC1CO1)COCC1CO1.CCC(CO)(CO)CO. The maximum absolute atomic E-state index is 8.66. The topological polar surface area (TPSA) is 104 Å². The van der Waals surface area contributed by atoms with Crippen molar-refractivity contribution in [3.8, 4) is 0 Å². The van der Waals surface area contributed by atoms with Crippen LogP contribution in [-0.2, 0) is 18.9 Å². The van der Waals surface area contributed by atoms with Crippen LogP contribution in [0.25, 0.3) is 0 Å². The number of ether oxygens (including phenoxy) is 4. The van der Waals surface area contributed by atoms with Crippen LogP contribution >= 0.6 is 0 Å². The third kappa shape index (κ3) is 10.2. The molecule has 0 bridgehead atoms. The standard InChI is InChI=1S/C10H18O4.C6H14O3/c1(3-11-5-9-7-13-9)2-4-12-6-10-8-14-10;1-2-6(3-7,4-8)5-9/h9-10H,1-8H2;7-9H,2-5H2,1H3. The molecule has 0 aromatic carbocycles. The first-order chi connectivity index (χ1) is 11.2. The fourth-order valence-electron chi connectivity index (χ4n) is 1.65. The highest BCUT2D eigenvalue weighted by Crippen LogP contribution is 2.18. The Hall–Kier alpha value is -0.280. The highest BCUT2D eigenvalue weighted by atomic mass is 16.6. The molecule has 0 amide bonds. The molecule has 138 valence electrons. The quantitative estimate of drug-likeness (QED) is 0.320. The van der Waals surface area contributed by atoms with E-state index in [4.69, 9.17) is 34.3 Å². The summed E-state index contributed by atoms with van der Waals surface area (Å²) in [6, 6.07) is 0. The van der Waals surface area contributed by atoms with Gasteiger partial charge in [0.05, 0.1) is 46.2 Å². The first kappa shape index (κ1) is 20.8. The van der Waals surface area contributed by atoms with E-state index in [1.165, 1.54) is 0 Å². The number of hydrogen-bond donors (Lipinski definition) is 3. The predicted molar refractivity (Wildman–Crippen MR) is 84.3 cm³/mol. The molecule has 2 aliphatic heterocycles. The lowest BCUT2D eigenvalue weighted by Crippen LogP contribution is -2.32. The van der Waals surface area contributed by atoms with Crippen LogP contribution < -0.4 is 0 Å². The van der Waals surface area contributed by atoms with E-state index in [0.29, 0.717) is 18.6 Å². The number of aliphatic hydroxyl groups is 3. The summed E-state index contributed by atoms with van der Waals surface area (Å²) < 4.78 is 20.8. The Bertz CT molecular complexity index is 240. The van der Waals surface area contributed by atoms with Crippen molar-refractivity contribution >= 4 is 0 Å². The predicted octanol–water partition coefficient (Wildman–Crippen LogP) is -0.0429. The second-order valence-corrected chi connectivity index (χ2v) is 6.10.